The first kappa shape index (κ1) is 12.1. The molecule has 1 amide bonds. The second kappa shape index (κ2) is 4.97. The van der Waals surface area contributed by atoms with E-state index in [-0.39, 0.29) is 11.8 Å². The molecular weight excluding hydrogens is 238 g/mol. The Morgan fingerprint density at radius 2 is 2.26 bits per heavy atom. The number of amides is 1. The normalized spacial score (nSPS) is 22.6. The van der Waals surface area contributed by atoms with Crippen LogP contribution >= 0.6 is 0 Å². The van der Waals surface area contributed by atoms with Gasteiger partial charge in [-0.1, -0.05) is 13.0 Å². The van der Waals surface area contributed by atoms with Crippen LogP contribution in [0.4, 0.5) is 5.69 Å². The second-order valence-corrected chi connectivity index (χ2v) is 5.14. The molecule has 1 saturated heterocycles. The zero-order valence-electron chi connectivity index (χ0n) is 10.9. The van der Waals surface area contributed by atoms with Crippen LogP contribution in [0.5, 0.6) is 0 Å². The van der Waals surface area contributed by atoms with Gasteiger partial charge in [0.05, 0.1) is 11.4 Å². The topological polar surface area (TPSA) is 54.0 Å². The van der Waals surface area contributed by atoms with Gasteiger partial charge in [0.15, 0.2) is 0 Å². The minimum Gasteiger partial charge on any atom is -0.326 e. The van der Waals surface area contributed by atoms with Crippen molar-refractivity contribution in [2.45, 2.75) is 6.92 Å². The number of hydrogen-bond acceptors (Lipinski definition) is 3. The van der Waals surface area contributed by atoms with Gasteiger partial charge in [0.25, 0.3) is 0 Å². The molecule has 0 bridgehead atoms. The number of aromatic nitrogens is 1. The van der Waals surface area contributed by atoms with Gasteiger partial charge in [0.1, 0.15) is 0 Å². The fourth-order valence-corrected chi connectivity index (χ4v) is 2.55. The average molecular weight is 255 g/mol. The van der Waals surface area contributed by atoms with E-state index >= 15 is 0 Å². The summed E-state index contributed by atoms with van der Waals surface area (Å²) in [6.45, 7) is 3.79. The Hall–Kier alpha value is -1.94. The van der Waals surface area contributed by atoms with E-state index in [9.17, 15) is 4.79 Å². The maximum atomic E-state index is 12.2. The summed E-state index contributed by atoms with van der Waals surface area (Å²) in [7, 11) is 0. The van der Waals surface area contributed by atoms with E-state index in [1.165, 1.54) is 0 Å². The summed E-state index contributed by atoms with van der Waals surface area (Å²) in [5.41, 5.74) is 1.78. The molecule has 1 aromatic carbocycles. The van der Waals surface area contributed by atoms with E-state index in [2.05, 4.69) is 22.5 Å². The number of hydrogen-bond donors (Lipinski definition) is 2. The van der Waals surface area contributed by atoms with Crippen LogP contribution in [-0.2, 0) is 4.79 Å². The molecule has 0 saturated carbocycles. The van der Waals surface area contributed by atoms with E-state index in [1.54, 1.807) is 6.20 Å². The molecule has 0 spiro atoms. The summed E-state index contributed by atoms with van der Waals surface area (Å²) in [4.78, 5) is 16.5. The van der Waals surface area contributed by atoms with Crippen molar-refractivity contribution in [1.29, 1.82) is 0 Å². The summed E-state index contributed by atoms with van der Waals surface area (Å²) in [5, 5.41) is 7.29. The third kappa shape index (κ3) is 2.44. The molecule has 1 aromatic heterocycles. The molecule has 98 valence electrons. The third-order valence-corrected chi connectivity index (χ3v) is 3.72. The molecule has 0 unspecified atom stereocenters. The van der Waals surface area contributed by atoms with Gasteiger partial charge >= 0.3 is 0 Å². The first-order valence-electron chi connectivity index (χ1n) is 6.60. The smallest absolute Gasteiger partial charge is 0.229 e. The van der Waals surface area contributed by atoms with Crippen molar-refractivity contribution in [1.82, 2.24) is 10.3 Å². The molecule has 19 heavy (non-hydrogen) atoms. The molecule has 4 nitrogen and oxygen atoms in total. The highest BCUT2D eigenvalue weighted by Gasteiger charge is 2.29. The lowest BCUT2D eigenvalue weighted by molar-refractivity contribution is -0.120. The average Bonchev–Trinajstić information content (AvgIpc) is 2.85. The molecule has 1 aliphatic heterocycles. The van der Waals surface area contributed by atoms with Gasteiger partial charge in [-0.3, -0.25) is 9.78 Å². The molecule has 2 heterocycles. The maximum absolute atomic E-state index is 12.2. The van der Waals surface area contributed by atoms with Crippen molar-refractivity contribution < 1.29 is 4.79 Å². The number of rotatable bonds is 2. The Morgan fingerprint density at radius 3 is 3.05 bits per heavy atom. The van der Waals surface area contributed by atoms with Gasteiger partial charge in [-0.2, -0.15) is 0 Å². The fourth-order valence-electron chi connectivity index (χ4n) is 2.55. The number of carbonyl (C=O) groups excluding carboxylic acids is 1. The predicted octanol–water partition coefficient (Wildman–Crippen LogP) is 2.03. The van der Waals surface area contributed by atoms with Gasteiger partial charge in [-0.25, -0.2) is 0 Å². The molecule has 2 atom stereocenters. The standard InChI is InChI=1S/C15H17N3O/c1-10-8-16-9-13(10)15(19)18-12-4-5-14-11(7-12)3-2-6-17-14/h2-7,10,13,16H,8-9H2,1H3,(H,18,19)/t10-,13-/m1/s1. The molecule has 1 aliphatic rings. The zero-order valence-corrected chi connectivity index (χ0v) is 10.9. The molecule has 2 aromatic rings. The van der Waals surface area contributed by atoms with Crippen molar-refractivity contribution >= 4 is 22.5 Å². The van der Waals surface area contributed by atoms with E-state index in [0.717, 1.165) is 29.7 Å². The summed E-state index contributed by atoms with van der Waals surface area (Å²) in [6.07, 6.45) is 1.77. The lowest BCUT2D eigenvalue weighted by Crippen LogP contribution is -2.27. The SMILES string of the molecule is C[C@@H]1CNC[C@H]1C(=O)Nc1ccc2ncccc2c1. The van der Waals surface area contributed by atoms with Crippen molar-refractivity contribution in [3.63, 3.8) is 0 Å². The predicted molar refractivity (Wildman–Crippen MR) is 75.9 cm³/mol. The fraction of sp³-hybridized carbons (Fsp3) is 0.333. The van der Waals surface area contributed by atoms with Crippen LogP contribution in [-0.4, -0.2) is 24.0 Å². The van der Waals surface area contributed by atoms with Crippen molar-refractivity contribution in [3.05, 3.63) is 36.5 Å². The minimum absolute atomic E-state index is 0.0598. The van der Waals surface area contributed by atoms with Crippen LogP contribution < -0.4 is 10.6 Å². The summed E-state index contributed by atoms with van der Waals surface area (Å²) >= 11 is 0. The van der Waals surface area contributed by atoms with Gasteiger partial charge < -0.3 is 10.6 Å². The molecule has 0 aliphatic carbocycles. The Labute approximate surface area is 112 Å². The quantitative estimate of drug-likeness (QED) is 0.863. The van der Waals surface area contributed by atoms with E-state index in [4.69, 9.17) is 0 Å². The molecule has 4 heteroatoms. The lowest BCUT2D eigenvalue weighted by Gasteiger charge is -2.14. The van der Waals surface area contributed by atoms with Crippen LogP contribution in [0.3, 0.4) is 0 Å². The number of carbonyl (C=O) groups is 1. The maximum Gasteiger partial charge on any atom is 0.229 e. The Morgan fingerprint density at radius 1 is 1.37 bits per heavy atom. The highest BCUT2D eigenvalue weighted by atomic mass is 16.1. The first-order chi connectivity index (χ1) is 9.24. The Bertz CT molecular complexity index is 611. The van der Waals surface area contributed by atoms with Gasteiger partial charge in [-0.05, 0) is 36.7 Å². The highest BCUT2D eigenvalue weighted by molar-refractivity contribution is 5.95. The van der Waals surface area contributed by atoms with E-state index in [0.29, 0.717) is 5.92 Å². The van der Waals surface area contributed by atoms with Crippen molar-refractivity contribution in [2.24, 2.45) is 11.8 Å². The largest absolute Gasteiger partial charge is 0.326 e. The van der Waals surface area contributed by atoms with Gasteiger partial charge in [-0.15, -0.1) is 0 Å². The van der Waals surface area contributed by atoms with Gasteiger partial charge in [0.2, 0.25) is 5.91 Å². The first-order valence-corrected chi connectivity index (χ1v) is 6.60. The van der Waals surface area contributed by atoms with Crippen LogP contribution in [0.25, 0.3) is 10.9 Å². The molecule has 0 radical (unpaired) electrons. The van der Waals surface area contributed by atoms with Crippen molar-refractivity contribution in [2.75, 3.05) is 18.4 Å². The number of fused-ring (bicyclic) bond motifs is 1. The minimum atomic E-state index is 0.0598. The van der Waals surface area contributed by atoms with E-state index in [1.807, 2.05) is 30.3 Å². The highest BCUT2D eigenvalue weighted by Crippen LogP contribution is 2.21. The Kier molecular flexibility index (Phi) is 3.17. The van der Waals surface area contributed by atoms with E-state index < -0.39 is 0 Å². The number of anilines is 1. The number of pyridine rings is 1. The molecule has 2 N–H and O–H groups in total. The summed E-state index contributed by atoms with van der Waals surface area (Å²) < 4.78 is 0. The molecule has 3 rings (SSSR count). The number of nitrogens with one attached hydrogen (secondary N) is 2. The summed E-state index contributed by atoms with van der Waals surface area (Å²) in [5.74, 6) is 0.549. The molecule has 1 fully saturated rings. The van der Waals surface area contributed by atoms with Crippen LogP contribution in [0.2, 0.25) is 0 Å². The second-order valence-electron chi connectivity index (χ2n) is 5.14. The van der Waals surface area contributed by atoms with Crippen LogP contribution in [0.15, 0.2) is 36.5 Å². The third-order valence-electron chi connectivity index (χ3n) is 3.72. The number of nitrogens with zero attached hydrogens (tertiary/aromatic N) is 1. The molecular formula is C15H17N3O. The number of benzene rings is 1. The van der Waals surface area contributed by atoms with Gasteiger partial charge in [0, 0.05) is 23.8 Å². The zero-order chi connectivity index (χ0) is 13.2. The van der Waals surface area contributed by atoms with Crippen LogP contribution in [0, 0.1) is 11.8 Å². The lowest BCUT2D eigenvalue weighted by atomic mass is 9.97. The monoisotopic (exact) mass is 255 g/mol. The summed E-state index contributed by atoms with van der Waals surface area (Å²) in [6, 6.07) is 9.70. The Balaban J connectivity index is 1.79. The van der Waals surface area contributed by atoms with Crippen molar-refractivity contribution in [3.8, 4) is 0 Å². The van der Waals surface area contributed by atoms with Crippen LogP contribution in [0.1, 0.15) is 6.92 Å².